The van der Waals surface area contributed by atoms with Gasteiger partial charge in [-0.3, -0.25) is 4.79 Å². The molecule has 0 radical (unpaired) electrons. The third-order valence-corrected chi connectivity index (χ3v) is 3.68. The lowest BCUT2D eigenvalue weighted by molar-refractivity contribution is -0.134. The molecule has 1 N–H and O–H groups in total. The number of hydrogen-bond donors (Lipinski definition) is 1. The molecular weight excluding hydrogens is 314 g/mol. The van der Waals surface area contributed by atoms with Gasteiger partial charge in [0.1, 0.15) is 5.75 Å². The molecule has 0 saturated heterocycles. The van der Waals surface area contributed by atoms with E-state index < -0.39 is 12.0 Å². The Morgan fingerprint density at radius 1 is 1.29 bits per heavy atom. The summed E-state index contributed by atoms with van der Waals surface area (Å²) in [5.74, 6) is -0.116. The lowest BCUT2D eigenvalue weighted by Gasteiger charge is -2.27. The van der Waals surface area contributed by atoms with Crippen molar-refractivity contribution in [1.82, 2.24) is 20.2 Å². The maximum atomic E-state index is 12.3. The van der Waals surface area contributed by atoms with E-state index in [1.54, 1.807) is 25.3 Å². The molecule has 24 heavy (non-hydrogen) atoms. The summed E-state index contributed by atoms with van der Waals surface area (Å²) in [6, 6.07) is 6.56. The summed E-state index contributed by atoms with van der Waals surface area (Å²) in [7, 11) is 2.79. The highest BCUT2D eigenvalue weighted by Gasteiger charge is 2.36. The predicted molar refractivity (Wildman–Crippen MR) is 83.1 cm³/mol. The Kier molecular flexibility index (Phi) is 3.98. The van der Waals surface area contributed by atoms with Gasteiger partial charge >= 0.3 is 5.97 Å². The summed E-state index contributed by atoms with van der Waals surface area (Å²) in [6.07, 6.45) is 0. The highest BCUT2D eigenvalue weighted by Crippen LogP contribution is 2.36. The lowest BCUT2D eigenvalue weighted by Crippen LogP contribution is -2.30. The highest BCUT2D eigenvalue weighted by atomic mass is 16.5. The molecule has 0 spiro atoms. The van der Waals surface area contributed by atoms with Crippen LogP contribution in [0.3, 0.4) is 0 Å². The van der Waals surface area contributed by atoms with E-state index in [2.05, 4.69) is 20.8 Å². The fraction of sp³-hybridized carbons (Fsp3) is 0.267. The van der Waals surface area contributed by atoms with Crippen molar-refractivity contribution in [2.24, 2.45) is 0 Å². The lowest BCUT2D eigenvalue weighted by atomic mass is 9.92. The van der Waals surface area contributed by atoms with Crippen LogP contribution in [-0.4, -0.2) is 46.2 Å². The quantitative estimate of drug-likeness (QED) is 0.821. The number of Topliss-reactive ketones (excluding diaryl/α,β-unsaturated/α-hetero) is 1. The number of ketones is 1. The minimum Gasteiger partial charge on any atom is -0.497 e. The number of aromatic nitrogens is 4. The first-order valence-electron chi connectivity index (χ1n) is 7.09. The normalized spacial score (nSPS) is 16.2. The maximum Gasteiger partial charge on any atom is 0.357 e. The molecule has 1 atom stereocenters. The van der Waals surface area contributed by atoms with E-state index in [1.807, 2.05) is 6.07 Å². The molecule has 0 amide bonds. The number of nitrogens with one attached hydrogen (secondary N) is 1. The van der Waals surface area contributed by atoms with E-state index >= 15 is 0 Å². The number of carbonyl (C=O) groups excluding carboxylic acids is 2. The molecule has 2 heterocycles. The number of esters is 1. The maximum absolute atomic E-state index is 12.3. The Labute approximate surface area is 137 Å². The predicted octanol–water partition coefficient (Wildman–Crippen LogP) is 0.822. The number of fused-ring (bicyclic) bond motifs is 1. The Morgan fingerprint density at radius 3 is 2.75 bits per heavy atom. The number of ether oxygens (including phenoxy) is 2. The van der Waals surface area contributed by atoms with Crippen molar-refractivity contribution in [3.63, 3.8) is 0 Å². The topological polar surface area (TPSA) is 108 Å². The van der Waals surface area contributed by atoms with Crippen LogP contribution >= 0.6 is 0 Å². The molecule has 0 fully saturated rings. The molecule has 1 aliphatic rings. The summed E-state index contributed by atoms with van der Waals surface area (Å²) in [5.41, 5.74) is 0.946. The number of methoxy groups -OCH3 is 2. The van der Waals surface area contributed by atoms with Crippen molar-refractivity contribution in [3.8, 4) is 5.75 Å². The minimum absolute atomic E-state index is 0.00318. The van der Waals surface area contributed by atoms with Gasteiger partial charge in [-0.2, -0.15) is 4.68 Å². The van der Waals surface area contributed by atoms with Crippen LogP contribution in [0.4, 0.5) is 5.95 Å². The van der Waals surface area contributed by atoms with Gasteiger partial charge in [0.25, 0.3) is 0 Å². The third kappa shape index (κ3) is 2.49. The zero-order valence-electron chi connectivity index (χ0n) is 13.3. The number of anilines is 1. The van der Waals surface area contributed by atoms with Crippen LogP contribution in [0.15, 0.2) is 29.8 Å². The molecule has 0 saturated carbocycles. The van der Waals surface area contributed by atoms with E-state index in [9.17, 15) is 9.59 Å². The van der Waals surface area contributed by atoms with Gasteiger partial charge in [0.15, 0.2) is 11.5 Å². The largest absolute Gasteiger partial charge is 0.497 e. The first kappa shape index (κ1) is 15.7. The van der Waals surface area contributed by atoms with Crippen LogP contribution in [-0.2, 0) is 14.3 Å². The minimum atomic E-state index is -0.692. The van der Waals surface area contributed by atoms with Crippen LogP contribution in [0.5, 0.6) is 5.75 Å². The van der Waals surface area contributed by atoms with Crippen LogP contribution in [0.1, 0.15) is 18.5 Å². The molecule has 124 valence electrons. The Balaban J connectivity index is 2.22. The molecule has 9 heteroatoms. The summed E-state index contributed by atoms with van der Waals surface area (Å²) in [5, 5.41) is 14.2. The molecule has 0 bridgehead atoms. The first-order chi connectivity index (χ1) is 11.6. The van der Waals surface area contributed by atoms with Gasteiger partial charge in [0, 0.05) is 0 Å². The molecule has 1 aromatic heterocycles. The van der Waals surface area contributed by atoms with Crippen LogP contribution < -0.4 is 10.1 Å². The zero-order valence-corrected chi connectivity index (χ0v) is 13.3. The summed E-state index contributed by atoms with van der Waals surface area (Å²) >= 11 is 0. The Bertz CT molecular complexity index is 842. The summed E-state index contributed by atoms with van der Waals surface area (Å²) in [4.78, 5) is 24.5. The molecule has 1 unspecified atom stereocenters. The van der Waals surface area contributed by atoms with Crippen LogP contribution in [0.25, 0.3) is 5.70 Å². The van der Waals surface area contributed by atoms with E-state index in [4.69, 9.17) is 9.47 Å². The number of tetrazole rings is 1. The third-order valence-electron chi connectivity index (χ3n) is 3.68. The smallest absolute Gasteiger partial charge is 0.357 e. The van der Waals surface area contributed by atoms with E-state index in [1.165, 1.54) is 18.7 Å². The molecule has 1 aromatic carbocycles. The van der Waals surface area contributed by atoms with Gasteiger partial charge in [0.2, 0.25) is 5.95 Å². The molecule has 0 aliphatic carbocycles. The van der Waals surface area contributed by atoms with Crippen LogP contribution in [0.2, 0.25) is 0 Å². The van der Waals surface area contributed by atoms with Crippen molar-refractivity contribution in [2.75, 3.05) is 19.5 Å². The average molecular weight is 329 g/mol. The van der Waals surface area contributed by atoms with E-state index in [0.717, 1.165) is 5.56 Å². The zero-order chi connectivity index (χ0) is 17.3. The van der Waals surface area contributed by atoms with Gasteiger partial charge in [0.05, 0.1) is 25.8 Å². The molecule has 1 aliphatic heterocycles. The van der Waals surface area contributed by atoms with Gasteiger partial charge in [-0.25, -0.2) is 4.79 Å². The fourth-order valence-corrected chi connectivity index (χ4v) is 2.61. The SMILES string of the molecule is COC(=O)C1=C(C(C)=O)C(c2cccc(OC)c2)Nc2nnnn21. The van der Waals surface area contributed by atoms with Gasteiger partial charge in [-0.05, 0) is 35.0 Å². The molecular formula is C15H15N5O4. The van der Waals surface area contributed by atoms with Crippen molar-refractivity contribution < 1.29 is 19.1 Å². The standard InChI is InChI=1S/C15H15N5O4/c1-8(21)11-12(9-5-4-6-10(7-9)23-2)16-15-17-18-19-20(15)13(11)14(22)24-3/h4-7,12H,1-3H3,(H,16,17,19). The molecule has 9 nitrogen and oxygen atoms in total. The second-order valence-electron chi connectivity index (χ2n) is 5.08. The Hall–Kier alpha value is -3.23. The van der Waals surface area contributed by atoms with Crippen molar-refractivity contribution in [1.29, 1.82) is 0 Å². The monoisotopic (exact) mass is 329 g/mol. The Morgan fingerprint density at radius 2 is 2.08 bits per heavy atom. The first-order valence-corrected chi connectivity index (χ1v) is 7.09. The molecule has 2 aromatic rings. The highest BCUT2D eigenvalue weighted by molar-refractivity contribution is 6.20. The van der Waals surface area contributed by atoms with E-state index in [-0.39, 0.29) is 23.0 Å². The van der Waals surface area contributed by atoms with E-state index in [0.29, 0.717) is 5.75 Å². The number of rotatable bonds is 4. The van der Waals surface area contributed by atoms with Crippen molar-refractivity contribution in [2.45, 2.75) is 13.0 Å². The second-order valence-corrected chi connectivity index (χ2v) is 5.08. The van der Waals surface area contributed by atoms with Crippen LogP contribution in [0, 0.1) is 0 Å². The summed E-state index contributed by atoms with van der Waals surface area (Å²) < 4.78 is 11.2. The second kappa shape index (κ2) is 6.11. The van der Waals surface area contributed by atoms with Gasteiger partial charge < -0.3 is 14.8 Å². The fourth-order valence-electron chi connectivity index (χ4n) is 2.61. The van der Waals surface area contributed by atoms with Gasteiger partial charge in [-0.1, -0.05) is 17.2 Å². The molecule has 3 rings (SSSR count). The van der Waals surface area contributed by atoms with Gasteiger partial charge in [-0.15, -0.1) is 0 Å². The number of carbonyl (C=O) groups is 2. The van der Waals surface area contributed by atoms with Crippen molar-refractivity contribution >= 4 is 23.4 Å². The number of nitrogens with zero attached hydrogens (tertiary/aromatic N) is 4. The number of hydrogen-bond acceptors (Lipinski definition) is 8. The number of benzene rings is 1. The summed E-state index contributed by atoms with van der Waals surface area (Å²) in [6.45, 7) is 1.38. The van der Waals surface area contributed by atoms with Crippen molar-refractivity contribution in [3.05, 3.63) is 35.4 Å². The average Bonchev–Trinajstić information content (AvgIpc) is 3.07.